The fourth-order valence-electron chi connectivity index (χ4n) is 2.04. The number of aromatic nitrogens is 1. The third-order valence-electron chi connectivity index (χ3n) is 3.23. The Hall–Kier alpha value is -1.08. The molecule has 0 aliphatic heterocycles. The van der Waals surface area contributed by atoms with Crippen LogP contribution in [-0.2, 0) is 11.2 Å². The minimum absolute atomic E-state index is 0.0452. The first-order chi connectivity index (χ1) is 11.1. The summed E-state index contributed by atoms with van der Waals surface area (Å²) in [5, 5.41) is 5.54. The fourth-order valence-corrected chi connectivity index (χ4v) is 5.13. The van der Waals surface area contributed by atoms with E-state index in [0.717, 1.165) is 21.0 Å². The van der Waals surface area contributed by atoms with E-state index in [1.54, 1.807) is 22.7 Å². The lowest BCUT2D eigenvalue weighted by Crippen LogP contribution is -2.32. The second-order valence-electron chi connectivity index (χ2n) is 4.97. The van der Waals surface area contributed by atoms with Crippen LogP contribution in [0.25, 0.3) is 10.2 Å². The largest absolute Gasteiger partial charge is 0.355 e. The van der Waals surface area contributed by atoms with E-state index >= 15 is 0 Å². The summed E-state index contributed by atoms with van der Waals surface area (Å²) < 4.78 is 1.98. The molecule has 0 aliphatic carbocycles. The van der Waals surface area contributed by atoms with Crippen LogP contribution in [0.3, 0.4) is 0 Å². The number of carbonyl (C=O) groups is 1. The molecule has 1 N–H and O–H groups in total. The van der Waals surface area contributed by atoms with E-state index in [1.807, 2.05) is 31.2 Å². The molecular weight excluding hydrogens is 368 g/mol. The molecule has 1 atom stereocenters. The molecule has 23 heavy (non-hydrogen) atoms. The molecule has 0 saturated carbocycles. The van der Waals surface area contributed by atoms with Crippen molar-refractivity contribution in [3.63, 3.8) is 0 Å². The highest BCUT2D eigenvalue weighted by Gasteiger charge is 2.16. The number of fused-ring (bicyclic) bond motifs is 1. The third kappa shape index (κ3) is 4.47. The summed E-state index contributed by atoms with van der Waals surface area (Å²) in [6.45, 7) is 2.57. The fraction of sp³-hybridized carbons (Fsp3) is 0.250. The third-order valence-corrected chi connectivity index (χ3v) is 6.63. The molecule has 3 nitrogen and oxygen atoms in total. The van der Waals surface area contributed by atoms with Crippen LogP contribution >= 0.6 is 46.0 Å². The van der Waals surface area contributed by atoms with Gasteiger partial charge in [0.2, 0.25) is 5.91 Å². The maximum absolute atomic E-state index is 12.2. The first kappa shape index (κ1) is 16.8. The SMILES string of the molecule is CC(Sc1nc2cc(Cl)ccc2s1)C(=O)NCCc1cccs1. The lowest BCUT2D eigenvalue weighted by molar-refractivity contribution is -0.120. The molecule has 1 amide bonds. The minimum Gasteiger partial charge on any atom is -0.355 e. The number of benzene rings is 1. The first-order valence-corrected chi connectivity index (χ1v) is 10.1. The summed E-state index contributed by atoms with van der Waals surface area (Å²) in [7, 11) is 0. The van der Waals surface area contributed by atoms with Crippen LogP contribution in [0.4, 0.5) is 0 Å². The number of thioether (sulfide) groups is 1. The van der Waals surface area contributed by atoms with Gasteiger partial charge in [-0.3, -0.25) is 4.79 Å². The van der Waals surface area contributed by atoms with Crippen LogP contribution in [-0.4, -0.2) is 22.7 Å². The van der Waals surface area contributed by atoms with Crippen molar-refractivity contribution in [1.29, 1.82) is 0 Å². The highest BCUT2D eigenvalue weighted by atomic mass is 35.5. The van der Waals surface area contributed by atoms with Crippen molar-refractivity contribution >= 4 is 62.2 Å². The number of carbonyl (C=O) groups excluding carboxylic acids is 1. The highest BCUT2D eigenvalue weighted by Crippen LogP contribution is 2.33. The summed E-state index contributed by atoms with van der Waals surface area (Å²) in [5.74, 6) is 0.0452. The van der Waals surface area contributed by atoms with Gasteiger partial charge in [0, 0.05) is 16.4 Å². The van der Waals surface area contributed by atoms with Gasteiger partial charge in [-0.2, -0.15) is 0 Å². The molecule has 0 fully saturated rings. The van der Waals surface area contributed by atoms with Crippen LogP contribution in [0.15, 0.2) is 40.1 Å². The summed E-state index contributed by atoms with van der Waals surface area (Å²) in [5.41, 5.74) is 0.885. The molecule has 120 valence electrons. The number of thiazole rings is 1. The molecule has 2 aromatic heterocycles. The molecule has 3 rings (SSSR count). The molecular formula is C16H15ClN2OS3. The van der Waals surface area contributed by atoms with E-state index in [0.29, 0.717) is 11.6 Å². The molecule has 3 aromatic rings. The van der Waals surface area contributed by atoms with E-state index in [4.69, 9.17) is 11.6 Å². The average Bonchev–Trinajstić information content (AvgIpc) is 3.15. The predicted molar refractivity (Wildman–Crippen MR) is 101 cm³/mol. The van der Waals surface area contributed by atoms with Crippen LogP contribution in [0.2, 0.25) is 5.02 Å². The molecule has 1 aromatic carbocycles. The number of hydrogen-bond acceptors (Lipinski definition) is 5. The standard InChI is InChI=1S/C16H15ClN2OS3/c1-10(15(20)18-7-6-12-3-2-8-21-12)22-16-19-13-9-11(17)4-5-14(13)23-16/h2-5,8-10H,6-7H2,1H3,(H,18,20). The van der Waals surface area contributed by atoms with Gasteiger partial charge in [0.1, 0.15) is 0 Å². The maximum Gasteiger partial charge on any atom is 0.233 e. The Morgan fingerprint density at radius 2 is 2.30 bits per heavy atom. The summed E-state index contributed by atoms with van der Waals surface area (Å²) >= 11 is 10.8. The van der Waals surface area contributed by atoms with Crippen molar-refractivity contribution < 1.29 is 4.79 Å². The van der Waals surface area contributed by atoms with Crippen LogP contribution in [0.1, 0.15) is 11.8 Å². The van der Waals surface area contributed by atoms with Gasteiger partial charge in [0.05, 0.1) is 15.5 Å². The zero-order valence-corrected chi connectivity index (χ0v) is 15.6. The zero-order chi connectivity index (χ0) is 16.2. The highest BCUT2D eigenvalue weighted by molar-refractivity contribution is 8.02. The van der Waals surface area contributed by atoms with Gasteiger partial charge < -0.3 is 5.32 Å². The molecule has 1 unspecified atom stereocenters. The van der Waals surface area contributed by atoms with Gasteiger partial charge >= 0.3 is 0 Å². The quantitative estimate of drug-likeness (QED) is 0.619. The molecule has 0 aliphatic rings. The van der Waals surface area contributed by atoms with Crippen LogP contribution in [0, 0.1) is 0 Å². The average molecular weight is 383 g/mol. The Balaban J connectivity index is 1.54. The van der Waals surface area contributed by atoms with E-state index in [-0.39, 0.29) is 11.2 Å². The van der Waals surface area contributed by atoms with Gasteiger partial charge in [-0.1, -0.05) is 29.4 Å². The van der Waals surface area contributed by atoms with Crippen LogP contribution < -0.4 is 5.32 Å². The number of rotatable bonds is 6. The van der Waals surface area contributed by atoms with Crippen LogP contribution in [0.5, 0.6) is 0 Å². The number of halogens is 1. The number of nitrogens with one attached hydrogen (secondary N) is 1. The van der Waals surface area contributed by atoms with Crippen molar-refractivity contribution in [1.82, 2.24) is 10.3 Å². The molecule has 0 bridgehead atoms. The van der Waals surface area contributed by atoms with Gasteiger partial charge in [0.15, 0.2) is 4.34 Å². The lowest BCUT2D eigenvalue weighted by Gasteiger charge is -2.09. The Bertz CT molecular complexity index is 801. The minimum atomic E-state index is -0.172. The number of thiophene rings is 1. The summed E-state index contributed by atoms with van der Waals surface area (Å²) in [6.07, 6.45) is 0.875. The van der Waals surface area contributed by atoms with E-state index in [2.05, 4.69) is 21.7 Å². The van der Waals surface area contributed by atoms with Crippen molar-refractivity contribution in [2.24, 2.45) is 0 Å². The number of nitrogens with zero attached hydrogens (tertiary/aromatic N) is 1. The predicted octanol–water partition coefficient (Wildman–Crippen LogP) is 4.85. The Morgan fingerprint density at radius 3 is 3.09 bits per heavy atom. The summed E-state index contributed by atoms with van der Waals surface area (Å²) in [6, 6.07) is 9.78. The normalized spacial score (nSPS) is 12.4. The summed E-state index contributed by atoms with van der Waals surface area (Å²) in [4.78, 5) is 18.0. The van der Waals surface area contributed by atoms with Gasteiger partial charge in [-0.25, -0.2) is 4.98 Å². The smallest absolute Gasteiger partial charge is 0.233 e. The van der Waals surface area contributed by atoms with E-state index < -0.39 is 0 Å². The van der Waals surface area contributed by atoms with Crippen molar-refractivity contribution in [2.45, 2.75) is 22.9 Å². The van der Waals surface area contributed by atoms with Crippen molar-refractivity contribution in [3.05, 3.63) is 45.6 Å². The number of hydrogen-bond donors (Lipinski definition) is 1. The molecule has 7 heteroatoms. The molecule has 0 spiro atoms. The first-order valence-electron chi connectivity index (χ1n) is 7.14. The van der Waals surface area contributed by atoms with Crippen molar-refractivity contribution in [2.75, 3.05) is 6.54 Å². The lowest BCUT2D eigenvalue weighted by atomic mass is 10.3. The second kappa shape index (κ2) is 7.66. The zero-order valence-electron chi connectivity index (χ0n) is 12.4. The number of amides is 1. The Morgan fingerprint density at radius 1 is 1.43 bits per heavy atom. The van der Waals surface area contributed by atoms with Gasteiger partial charge in [-0.05, 0) is 43.0 Å². The Labute approximate surface area is 152 Å². The topological polar surface area (TPSA) is 42.0 Å². The monoisotopic (exact) mass is 382 g/mol. The maximum atomic E-state index is 12.2. The van der Waals surface area contributed by atoms with E-state index in [1.165, 1.54) is 16.6 Å². The molecule has 2 heterocycles. The Kier molecular flexibility index (Phi) is 5.58. The van der Waals surface area contributed by atoms with Crippen molar-refractivity contribution in [3.8, 4) is 0 Å². The van der Waals surface area contributed by atoms with E-state index in [9.17, 15) is 4.79 Å². The second-order valence-corrected chi connectivity index (χ2v) is 9.06. The molecule has 0 saturated heterocycles. The van der Waals surface area contributed by atoms with Gasteiger partial charge in [0.25, 0.3) is 0 Å². The molecule has 0 radical (unpaired) electrons. The van der Waals surface area contributed by atoms with Gasteiger partial charge in [-0.15, -0.1) is 22.7 Å².